The van der Waals surface area contributed by atoms with Gasteiger partial charge in [-0.15, -0.1) is 0 Å². The molecule has 3 heterocycles. The molecule has 3 rings (SSSR count). The van der Waals surface area contributed by atoms with Crippen molar-refractivity contribution < 1.29 is 23.5 Å². The summed E-state index contributed by atoms with van der Waals surface area (Å²) >= 11 is 0. The zero-order valence-electron chi connectivity index (χ0n) is 15.3. The fourth-order valence-corrected chi connectivity index (χ4v) is 3.17. The van der Waals surface area contributed by atoms with E-state index in [0.29, 0.717) is 37.1 Å². The van der Waals surface area contributed by atoms with E-state index in [9.17, 15) is 14.4 Å². The summed E-state index contributed by atoms with van der Waals surface area (Å²) in [5, 5.41) is 3.18. The number of amides is 3. The second-order valence-electron chi connectivity index (χ2n) is 6.44. The molecule has 1 atom stereocenters. The number of nitrogens with zero attached hydrogens (tertiary/aromatic N) is 2. The Hall–Kier alpha value is -3.10. The first-order valence-electron chi connectivity index (χ1n) is 8.83. The van der Waals surface area contributed by atoms with Gasteiger partial charge in [-0.25, -0.2) is 9.78 Å². The van der Waals surface area contributed by atoms with Crippen LogP contribution in [0.15, 0.2) is 16.5 Å². The average Bonchev–Trinajstić information content (AvgIpc) is 2.99. The Kier molecular flexibility index (Phi) is 5.29. The van der Waals surface area contributed by atoms with Crippen LogP contribution < -0.4 is 11.1 Å². The molecule has 9 heteroatoms. The highest BCUT2D eigenvalue weighted by atomic mass is 16.5. The second kappa shape index (κ2) is 7.65. The Bertz CT molecular complexity index is 891. The molecule has 0 radical (unpaired) electrons. The van der Waals surface area contributed by atoms with Crippen LogP contribution in [0.5, 0.6) is 0 Å². The third-order valence-electron chi connectivity index (χ3n) is 4.48. The molecule has 9 nitrogen and oxygen atoms in total. The van der Waals surface area contributed by atoms with Gasteiger partial charge in [0, 0.05) is 18.8 Å². The summed E-state index contributed by atoms with van der Waals surface area (Å²) in [6.07, 6.45) is 1.36. The molecule has 3 N–H and O–H groups in total. The predicted octanol–water partition coefficient (Wildman–Crippen LogP) is 2.04. The van der Waals surface area contributed by atoms with E-state index in [1.54, 1.807) is 26.0 Å². The molecule has 3 amide bonds. The van der Waals surface area contributed by atoms with Gasteiger partial charge < -0.3 is 25.1 Å². The number of nitrogens with one attached hydrogen (secondary N) is 1. The summed E-state index contributed by atoms with van der Waals surface area (Å²) in [6, 6.07) is 3.02. The molecule has 0 unspecified atom stereocenters. The summed E-state index contributed by atoms with van der Waals surface area (Å²) in [5.74, 6) is -1.62. The van der Waals surface area contributed by atoms with Gasteiger partial charge in [0.1, 0.15) is 5.69 Å². The van der Waals surface area contributed by atoms with Crippen LogP contribution in [-0.2, 0) is 9.53 Å². The number of rotatable bonds is 4. The largest absolute Gasteiger partial charge is 0.466 e. The van der Waals surface area contributed by atoms with Gasteiger partial charge in [-0.2, -0.15) is 0 Å². The van der Waals surface area contributed by atoms with Gasteiger partial charge in [-0.1, -0.05) is 0 Å². The smallest absolute Gasteiger partial charge is 0.321 e. The van der Waals surface area contributed by atoms with Crippen LogP contribution in [0, 0.1) is 12.8 Å². The van der Waals surface area contributed by atoms with E-state index in [1.807, 2.05) is 0 Å². The number of esters is 1. The molecule has 1 aliphatic heterocycles. The lowest BCUT2D eigenvalue weighted by molar-refractivity contribution is -0.149. The quantitative estimate of drug-likeness (QED) is 0.788. The Balaban J connectivity index is 1.82. The van der Waals surface area contributed by atoms with Gasteiger partial charge in [-0.3, -0.25) is 9.59 Å². The lowest BCUT2D eigenvalue weighted by atomic mass is 9.98. The zero-order valence-corrected chi connectivity index (χ0v) is 15.3. The SMILES string of the molecule is CCOC(=O)[C@H]1CCCN(C(=O)Nc2c(C(N)=O)oc3nc(C)ccc23)C1. The first kappa shape index (κ1) is 18.7. The Morgan fingerprint density at radius 2 is 2.19 bits per heavy atom. The highest BCUT2D eigenvalue weighted by Crippen LogP contribution is 2.30. The minimum Gasteiger partial charge on any atom is -0.466 e. The number of hydrogen-bond donors (Lipinski definition) is 2. The number of aryl methyl sites for hydroxylation is 1. The predicted molar refractivity (Wildman–Crippen MR) is 97.2 cm³/mol. The number of piperidine rings is 1. The van der Waals surface area contributed by atoms with Crippen molar-refractivity contribution in [3.8, 4) is 0 Å². The monoisotopic (exact) mass is 374 g/mol. The molecular formula is C18H22N4O5. The number of carbonyl (C=O) groups excluding carboxylic acids is 3. The number of fused-ring (bicyclic) bond motifs is 1. The van der Waals surface area contributed by atoms with Crippen LogP contribution in [0.2, 0.25) is 0 Å². The van der Waals surface area contributed by atoms with Crippen molar-refractivity contribution in [1.82, 2.24) is 9.88 Å². The second-order valence-corrected chi connectivity index (χ2v) is 6.44. The zero-order chi connectivity index (χ0) is 19.6. The number of aromatic nitrogens is 1. The van der Waals surface area contributed by atoms with Crippen molar-refractivity contribution in [2.24, 2.45) is 11.7 Å². The van der Waals surface area contributed by atoms with Crippen LogP contribution in [-0.4, -0.2) is 47.5 Å². The number of likely N-dealkylation sites (tertiary alicyclic amines) is 1. The molecule has 0 saturated carbocycles. The number of urea groups is 1. The van der Waals surface area contributed by atoms with Crippen LogP contribution >= 0.6 is 0 Å². The number of anilines is 1. The molecular weight excluding hydrogens is 352 g/mol. The summed E-state index contributed by atoms with van der Waals surface area (Å²) in [7, 11) is 0. The number of furan rings is 1. The third-order valence-corrected chi connectivity index (χ3v) is 4.48. The van der Waals surface area contributed by atoms with E-state index in [2.05, 4.69) is 10.3 Å². The lowest BCUT2D eigenvalue weighted by Gasteiger charge is -2.31. The minimum absolute atomic E-state index is 0.157. The Labute approximate surface area is 155 Å². The molecule has 0 aromatic carbocycles. The van der Waals surface area contributed by atoms with Gasteiger partial charge in [-0.05, 0) is 38.8 Å². The van der Waals surface area contributed by atoms with E-state index < -0.39 is 11.9 Å². The molecule has 2 aromatic heterocycles. The molecule has 144 valence electrons. The van der Waals surface area contributed by atoms with Crippen LogP contribution in [0.1, 0.15) is 36.0 Å². The van der Waals surface area contributed by atoms with E-state index in [1.165, 1.54) is 4.90 Å². The van der Waals surface area contributed by atoms with Gasteiger partial charge in [0.15, 0.2) is 0 Å². The van der Waals surface area contributed by atoms with Crippen LogP contribution in [0.3, 0.4) is 0 Å². The van der Waals surface area contributed by atoms with E-state index in [-0.39, 0.29) is 35.6 Å². The normalized spacial score (nSPS) is 17.0. The number of ether oxygens (including phenoxy) is 1. The molecule has 1 aliphatic rings. The summed E-state index contributed by atoms with van der Waals surface area (Å²) < 4.78 is 10.5. The number of pyridine rings is 1. The number of carbonyl (C=O) groups is 3. The van der Waals surface area contributed by atoms with Crippen molar-refractivity contribution in [3.63, 3.8) is 0 Å². The molecule has 27 heavy (non-hydrogen) atoms. The maximum absolute atomic E-state index is 12.7. The first-order chi connectivity index (χ1) is 12.9. The Morgan fingerprint density at radius 1 is 1.41 bits per heavy atom. The summed E-state index contributed by atoms with van der Waals surface area (Å²) in [6.45, 7) is 4.59. The van der Waals surface area contributed by atoms with Crippen molar-refractivity contribution >= 4 is 34.7 Å². The minimum atomic E-state index is -0.802. The summed E-state index contributed by atoms with van der Waals surface area (Å²) in [4.78, 5) is 42.2. The van der Waals surface area contributed by atoms with Crippen molar-refractivity contribution in [3.05, 3.63) is 23.6 Å². The first-order valence-corrected chi connectivity index (χ1v) is 8.83. The van der Waals surface area contributed by atoms with Gasteiger partial charge >= 0.3 is 12.0 Å². The van der Waals surface area contributed by atoms with E-state index >= 15 is 0 Å². The van der Waals surface area contributed by atoms with Gasteiger partial charge in [0.2, 0.25) is 11.5 Å². The summed E-state index contributed by atoms with van der Waals surface area (Å²) in [5.41, 5.74) is 6.50. The van der Waals surface area contributed by atoms with Gasteiger partial charge in [0.05, 0.1) is 17.9 Å². The topological polar surface area (TPSA) is 128 Å². The maximum atomic E-state index is 12.7. The molecule has 0 aliphatic carbocycles. The van der Waals surface area contributed by atoms with Crippen molar-refractivity contribution in [2.45, 2.75) is 26.7 Å². The molecule has 1 fully saturated rings. The van der Waals surface area contributed by atoms with Crippen LogP contribution in [0.4, 0.5) is 10.5 Å². The molecule has 0 spiro atoms. The van der Waals surface area contributed by atoms with Crippen molar-refractivity contribution in [2.75, 3.05) is 25.0 Å². The lowest BCUT2D eigenvalue weighted by Crippen LogP contribution is -2.44. The van der Waals surface area contributed by atoms with Crippen molar-refractivity contribution in [1.29, 1.82) is 0 Å². The van der Waals surface area contributed by atoms with E-state index in [4.69, 9.17) is 14.9 Å². The number of nitrogens with two attached hydrogens (primary N) is 1. The van der Waals surface area contributed by atoms with Crippen LogP contribution in [0.25, 0.3) is 11.1 Å². The molecule has 0 bridgehead atoms. The fourth-order valence-electron chi connectivity index (χ4n) is 3.17. The van der Waals surface area contributed by atoms with E-state index in [0.717, 1.165) is 0 Å². The van der Waals surface area contributed by atoms with Gasteiger partial charge in [0.25, 0.3) is 5.91 Å². The third kappa shape index (κ3) is 3.86. The molecule has 1 saturated heterocycles. The average molecular weight is 374 g/mol. The molecule has 2 aromatic rings. The highest BCUT2D eigenvalue weighted by molar-refractivity contribution is 6.09. The number of primary amides is 1. The fraction of sp³-hybridized carbons (Fsp3) is 0.444. The number of hydrogen-bond acceptors (Lipinski definition) is 6. The highest BCUT2D eigenvalue weighted by Gasteiger charge is 2.30. The standard InChI is InChI=1S/C18H22N4O5/c1-3-26-17(24)11-5-4-8-22(9-11)18(25)21-13-12-7-6-10(2)20-16(12)27-14(13)15(19)23/h6-7,11H,3-5,8-9H2,1-2H3,(H2,19,23)(H,21,25)/t11-/m0/s1. The maximum Gasteiger partial charge on any atom is 0.321 e. The Morgan fingerprint density at radius 3 is 2.89 bits per heavy atom.